The lowest BCUT2D eigenvalue weighted by molar-refractivity contribution is -0.147. The molecule has 1 aliphatic rings. The Kier molecular flexibility index (Phi) is 21.6. The topological polar surface area (TPSA) is 422 Å². The number of aliphatic hydroxyl groups excluding tert-OH is 2. The number of nitrogens with two attached hydrogens (primary N) is 3. The van der Waals surface area contributed by atoms with Crippen molar-refractivity contribution >= 4 is 65.1 Å². The quantitative estimate of drug-likeness (QED) is 0.0385. The number of carboxylic acids is 2. The van der Waals surface area contributed by atoms with Gasteiger partial charge in [0.25, 0.3) is 0 Å². The summed E-state index contributed by atoms with van der Waals surface area (Å²) in [5.74, 6) is -12.9. The van der Waals surface area contributed by atoms with Crippen LogP contribution in [0.25, 0.3) is 0 Å². The normalized spacial score (nSPS) is 17.1. The minimum Gasteiger partial charge on any atom is -0.481 e. The van der Waals surface area contributed by atoms with Gasteiger partial charge in [-0.3, -0.25) is 47.9 Å². The fourth-order valence-electron chi connectivity index (χ4n) is 5.96. The molecule has 1 saturated heterocycles. The number of carbonyl (C=O) groups is 11. The molecule has 9 amide bonds. The minimum atomic E-state index is -1.84. The van der Waals surface area contributed by atoms with E-state index >= 15 is 0 Å². The molecule has 0 radical (unpaired) electrons. The Hall–Kier alpha value is -5.95. The maximum atomic E-state index is 13.8. The largest absolute Gasteiger partial charge is 0.481 e. The molecule has 0 aliphatic carbocycles. The number of aliphatic hydroxyl groups is 2. The Morgan fingerprint density at radius 2 is 1.20 bits per heavy atom. The van der Waals surface area contributed by atoms with Gasteiger partial charge in [0, 0.05) is 13.0 Å². The number of aliphatic carboxylic acids is 2. The van der Waals surface area contributed by atoms with Crippen molar-refractivity contribution in [1.29, 1.82) is 0 Å². The van der Waals surface area contributed by atoms with E-state index < -0.39 is 152 Å². The molecule has 1 rings (SSSR count). The highest BCUT2D eigenvalue weighted by Gasteiger charge is 2.40. The van der Waals surface area contributed by atoms with Crippen molar-refractivity contribution < 1.29 is 73.2 Å². The molecule has 25 nitrogen and oxygen atoms in total. The van der Waals surface area contributed by atoms with Crippen molar-refractivity contribution in [2.75, 3.05) is 19.8 Å². The Labute approximate surface area is 344 Å². The highest BCUT2D eigenvalue weighted by atomic mass is 16.4. The first-order valence-corrected chi connectivity index (χ1v) is 19.0. The van der Waals surface area contributed by atoms with Crippen LogP contribution in [0.2, 0.25) is 0 Å². The standard InChI is InChI=1S/C35H58N10O15/c1-15(2)10-19(30(54)39-18(7-8-24(37)48)29(53)44-27(16(3)4)33(57)42-21(35(59)60)12-26(50)51)41-32(56)23-6-5-9-45(23)34(58)22(14-47)43-31(55)20(11-25(38)49)40-28(52)17(36)13-46/h15-23,27,46-47H,5-14,36H2,1-4H3,(H2,37,48)(H2,38,49)(H,39,54)(H,40,52)(H,41,56)(H,42,57)(H,43,55)(H,44,53)(H,50,51)(H,59,60)/t17-,18-,19-,20-,21-,22-,23-,27-/m0/s1. The Bertz CT molecular complexity index is 1610. The lowest BCUT2D eigenvalue weighted by Crippen LogP contribution is -2.61. The van der Waals surface area contributed by atoms with Gasteiger partial charge in [0.2, 0.25) is 53.2 Å². The number of nitrogens with one attached hydrogen (secondary N) is 6. The summed E-state index contributed by atoms with van der Waals surface area (Å²) in [5.41, 5.74) is 15.9. The molecule has 0 unspecified atom stereocenters. The van der Waals surface area contributed by atoms with Crippen LogP contribution in [0, 0.1) is 11.8 Å². The van der Waals surface area contributed by atoms with Crippen LogP contribution in [0.4, 0.5) is 0 Å². The van der Waals surface area contributed by atoms with Gasteiger partial charge in [-0.15, -0.1) is 0 Å². The number of rotatable bonds is 26. The molecule has 0 spiro atoms. The van der Waals surface area contributed by atoms with E-state index in [2.05, 4.69) is 31.9 Å². The molecule has 0 bridgehead atoms. The van der Waals surface area contributed by atoms with Gasteiger partial charge in [0.05, 0.1) is 26.1 Å². The number of carbonyl (C=O) groups excluding carboxylic acids is 9. The van der Waals surface area contributed by atoms with Crippen molar-refractivity contribution in [3.63, 3.8) is 0 Å². The zero-order valence-corrected chi connectivity index (χ0v) is 33.8. The zero-order valence-electron chi connectivity index (χ0n) is 33.8. The van der Waals surface area contributed by atoms with Crippen molar-refractivity contribution in [3.05, 3.63) is 0 Å². The predicted molar refractivity (Wildman–Crippen MR) is 205 cm³/mol. The number of hydrogen-bond acceptors (Lipinski definition) is 14. The summed E-state index contributed by atoms with van der Waals surface area (Å²) in [4.78, 5) is 140. The Morgan fingerprint density at radius 1 is 0.650 bits per heavy atom. The van der Waals surface area contributed by atoms with Crippen molar-refractivity contribution in [2.45, 2.75) is 121 Å². The molecule has 0 aromatic heterocycles. The number of likely N-dealkylation sites (tertiary alicyclic amines) is 1. The molecule has 1 fully saturated rings. The SMILES string of the molecule is CC(C)C[C@H](NC(=O)[C@@H]1CCCN1C(=O)[C@H](CO)NC(=O)[C@H](CC(N)=O)NC(=O)[C@@H](N)CO)C(=O)N[C@@H](CCC(N)=O)C(=O)N[C@H](C(=O)N[C@@H](CC(=O)O)C(=O)O)C(C)C. The van der Waals surface area contributed by atoms with E-state index in [1.165, 1.54) is 13.8 Å². The van der Waals surface area contributed by atoms with Gasteiger partial charge < -0.3 is 74.4 Å². The van der Waals surface area contributed by atoms with Crippen LogP contribution in [0.15, 0.2) is 0 Å². The van der Waals surface area contributed by atoms with Crippen LogP contribution in [0.5, 0.6) is 0 Å². The lowest BCUT2D eigenvalue weighted by Gasteiger charge is -2.31. The molecule has 1 aliphatic heterocycles. The van der Waals surface area contributed by atoms with Crippen molar-refractivity contribution in [1.82, 2.24) is 36.8 Å². The van der Waals surface area contributed by atoms with Gasteiger partial charge in [-0.2, -0.15) is 0 Å². The predicted octanol–water partition coefficient (Wildman–Crippen LogP) is -6.40. The maximum absolute atomic E-state index is 13.8. The van der Waals surface area contributed by atoms with E-state index in [9.17, 15) is 63.0 Å². The molecule has 8 atom stereocenters. The maximum Gasteiger partial charge on any atom is 0.326 e. The zero-order chi connectivity index (χ0) is 46.0. The van der Waals surface area contributed by atoms with Crippen LogP contribution in [-0.2, 0) is 52.7 Å². The smallest absolute Gasteiger partial charge is 0.326 e. The van der Waals surface area contributed by atoms with Gasteiger partial charge in [-0.05, 0) is 37.5 Å². The molecule has 25 heteroatoms. The minimum absolute atomic E-state index is 0.0121. The van der Waals surface area contributed by atoms with Gasteiger partial charge in [0.1, 0.15) is 48.3 Å². The van der Waals surface area contributed by atoms with E-state index in [1.807, 2.05) is 0 Å². The molecule has 60 heavy (non-hydrogen) atoms. The van der Waals surface area contributed by atoms with E-state index in [1.54, 1.807) is 13.8 Å². The fourth-order valence-corrected chi connectivity index (χ4v) is 5.96. The molecule has 0 aromatic carbocycles. The van der Waals surface area contributed by atoms with Gasteiger partial charge in [-0.1, -0.05) is 27.7 Å². The van der Waals surface area contributed by atoms with Gasteiger partial charge >= 0.3 is 11.9 Å². The van der Waals surface area contributed by atoms with Crippen molar-refractivity contribution in [3.8, 4) is 0 Å². The number of carboxylic acid groups (broad SMARTS) is 2. The summed E-state index contributed by atoms with van der Waals surface area (Å²) in [6.07, 6.45) is -2.16. The summed E-state index contributed by atoms with van der Waals surface area (Å²) in [6, 6.07) is -12.2. The summed E-state index contributed by atoms with van der Waals surface area (Å²) in [7, 11) is 0. The van der Waals surface area contributed by atoms with E-state index in [4.69, 9.17) is 27.4 Å². The first-order chi connectivity index (χ1) is 27.9. The highest BCUT2D eigenvalue weighted by molar-refractivity contribution is 5.99. The average Bonchev–Trinajstić information content (AvgIpc) is 3.65. The van der Waals surface area contributed by atoms with Crippen LogP contribution in [-0.4, -0.2) is 159 Å². The molecular formula is C35H58N10O15. The van der Waals surface area contributed by atoms with Crippen LogP contribution < -0.4 is 49.1 Å². The number of primary amides is 2. The summed E-state index contributed by atoms with van der Waals surface area (Å²) in [6.45, 7) is 4.61. The Morgan fingerprint density at radius 3 is 1.70 bits per heavy atom. The third-order valence-corrected chi connectivity index (χ3v) is 9.10. The van der Waals surface area contributed by atoms with Crippen LogP contribution >= 0.6 is 0 Å². The monoisotopic (exact) mass is 858 g/mol. The number of nitrogens with zero attached hydrogens (tertiary/aromatic N) is 1. The number of amides is 9. The lowest BCUT2D eigenvalue weighted by atomic mass is 10.00. The van der Waals surface area contributed by atoms with E-state index in [0.29, 0.717) is 0 Å². The van der Waals surface area contributed by atoms with Gasteiger partial charge in [0.15, 0.2) is 0 Å². The third-order valence-electron chi connectivity index (χ3n) is 9.10. The van der Waals surface area contributed by atoms with Crippen LogP contribution in [0.3, 0.4) is 0 Å². The van der Waals surface area contributed by atoms with Gasteiger partial charge in [-0.25, -0.2) is 4.79 Å². The van der Waals surface area contributed by atoms with Crippen LogP contribution in [0.1, 0.15) is 72.6 Å². The van der Waals surface area contributed by atoms with E-state index in [0.717, 1.165) is 4.90 Å². The summed E-state index contributed by atoms with van der Waals surface area (Å²) < 4.78 is 0. The summed E-state index contributed by atoms with van der Waals surface area (Å²) in [5, 5.41) is 51.4. The highest BCUT2D eigenvalue weighted by Crippen LogP contribution is 2.20. The second-order valence-corrected chi connectivity index (χ2v) is 14.9. The second-order valence-electron chi connectivity index (χ2n) is 14.9. The van der Waals surface area contributed by atoms with E-state index in [-0.39, 0.29) is 38.1 Å². The third kappa shape index (κ3) is 17.1. The average molecular weight is 859 g/mol. The summed E-state index contributed by atoms with van der Waals surface area (Å²) >= 11 is 0. The molecular weight excluding hydrogens is 800 g/mol. The Balaban J connectivity index is 3.28. The molecule has 338 valence electrons. The van der Waals surface area contributed by atoms with Crippen molar-refractivity contribution in [2.24, 2.45) is 29.0 Å². The number of hydrogen-bond donors (Lipinski definition) is 13. The second kappa shape index (κ2) is 24.9. The first kappa shape index (κ1) is 52.1. The molecule has 1 heterocycles. The molecule has 16 N–H and O–H groups in total. The molecule has 0 saturated carbocycles. The first-order valence-electron chi connectivity index (χ1n) is 19.0. The fraction of sp³-hybridized carbons (Fsp3) is 0.686. The molecule has 0 aromatic rings.